The normalized spacial score (nSPS) is 17.1. The first kappa shape index (κ1) is 13.9. The minimum Gasteiger partial charge on any atom is -0.292 e. The van der Waals surface area contributed by atoms with Gasteiger partial charge in [-0.15, -0.1) is 0 Å². The summed E-state index contributed by atoms with van der Waals surface area (Å²) in [6.45, 7) is 5.85. The van der Waals surface area contributed by atoms with Crippen LogP contribution in [-0.4, -0.2) is 29.3 Å². The van der Waals surface area contributed by atoms with E-state index < -0.39 is 5.54 Å². The van der Waals surface area contributed by atoms with Crippen molar-refractivity contribution < 1.29 is 4.79 Å². The molecule has 0 atom stereocenters. The predicted molar refractivity (Wildman–Crippen MR) is 75.7 cm³/mol. The van der Waals surface area contributed by atoms with Gasteiger partial charge in [0.05, 0.1) is 10.6 Å². The summed E-state index contributed by atoms with van der Waals surface area (Å²) in [5.74, 6) is 0.0388. The van der Waals surface area contributed by atoms with Gasteiger partial charge >= 0.3 is 0 Å². The fourth-order valence-electron chi connectivity index (χ4n) is 2.42. The van der Waals surface area contributed by atoms with E-state index >= 15 is 0 Å². The topological polar surface area (TPSA) is 20.3 Å². The van der Waals surface area contributed by atoms with Gasteiger partial charge in [-0.3, -0.25) is 9.69 Å². The van der Waals surface area contributed by atoms with Crippen LogP contribution < -0.4 is 0 Å². The summed E-state index contributed by atoms with van der Waals surface area (Å²) >= 11 is 12.1. The molecule has 1 heterocycles. The van der Waals surface area contributed by atoms with E-state index in [1.807, 2.05) is 13.8 Å². The van der Waals surface area contributed by atoms with E-state index in [4.69, 9.17) is 23.2 Å². The zero-order valence-corrected chi connectivity index (χ0v) is 12.2. The number of halogens is 2. The molecule has 1 aromatic carbocycles. The minimum atomic E-state index is -0.523. The summed E-state index contributed by atoms with van der Waals surface area (Å²) in [7, 11) is 0. The molecule has 1 aliphatic rings. The zero-order chi connectivity index (χ0) is 13.3. The molecule has 0 amide bonds. The number of hydrogen-bond donors (Lipinski definition) is 0. The lowest BCUT2D eigenvalue weighted by Gasteiger charge is -2.34. The Balaban J connectivity index is 2.32. The van der Waals surface area contributed by atoms with Crippen LogP contribution in [-0.2, 0) is 0 Å². The van der Waals surface area contributed by atoms with Crippen LogP contribution in [0.25, 0.3) is 0 Å². The molecule has 0 aliphatic carbocycles. The van der Waals surface area contributed by atoms with Gasteiger partial charge in [-0.2, -0.15) is 0 Å². The second kappa shape index (κ2) is 5.20. The number of ketones is 1. The number of benzene rings is 1. The maximum Gasteiger partial charge on any atom is 0.184 e. The lowest BCUT2D eigenvalue weighted by molar-refractivity contribution is 0.0703. The SMILES string of the molecule is CC(C)(C(=O)c1cc(Cl)ccc1Cl)N1CCCC1. The molecule has 0 spiro atoms. The number of likely N-dealkylation sites (tertiary alicyclic amines) is 1. The molecule has 1 aromatic rings. The van der Waals surface area contributed by atoms with Gasteiger partial charge in [0.1, 0.15) is 0 Å². The number of carbonyl (C=O) groups excluding carboxylic acids is 1. The van der Waals surface area contributed by atoms with Crippen LogP contribution in [0.5, 0.6) is 0 Å². The van der Waals surface area contributed by atoms with Crippen molar-refractivity contribution in [2.45, 2.75) is 32.2 Å². The van der Waals surface area contributed by atoms with Crippen LogP contribution in [0.4, 0.5) is 0 Å². The second-order valence-corrected chi connectivity index (χ2v) is 6.05. The van der Waals surface area contributed by atoms with Crippen LogP contribution in [0.2, 0.25) is 10.0 Å². The molecule has 4 heteroatoms. The van der Waals surface area contributed by atoms with E-state index in [0.717, 1.165) is 25.9 Å². The molecule has 1 saturated heterocycles. The second-order valence-electron chi connectivity index (χ2n) is 5.21. The van der Waals surface area contributed by atoms with Crippen molar-refractivity contribution in [3.8, 4) is 0 Å². The van der Waals surface area contributed by atoms with Gasteiger partial charge in [0.15, 0.2) is 5.78 Å². The first-order chi connectivity index (χ1) is 8.43. The Kier molecular flexibility index (Phi) is 4.00. The van der Waals surface area contributed by atoms with E-state index in [1.54, 1.807) is 18.2 Å². The Labute approximate surface area is 118 Å². The standard InChI is InChI=1S/C14H17Cl2NO/c1-14(2,17-7-3-4-8-17)13(18)11-9-10(15)5-6-12(11)16/h5-6,9H,3-4,7-8H2,1-2H3. The van der Waals surface area contributed by atoms with Crippen LogP contribution in [0.1, 0.15) is 37.0 Å². The van der Waals surface area contributed by atoms with Crippen molar-refractivity contribution in [1.29, 1.82) is 0 Å². The monoisotopic (exact) mass is 285 g/mol. The van der Waals surface area contributed by atoms with Crippen LogP contribution in [0.3, 0.4) is 0 Å². The van der Waals surface area contributed by atoms with E-state index in [2.05, 4.69) is 4.90 Å². The fourth-order valence-corrected chi connectivity index (χ4v) is 2.80. The molecular weight excluding hydrogens is 269 g/mol. The molecule has 1 aliphatic heterocycles. The Morgan fingerprint density at radius 3 is 2.44 bits per heavy atom. The average molecular weight is 286 g/mol. The van der Waals surface area contributed by atoms with Gasteiger partial charge < -0.3 is 0 Å². The van der Waals surface area contributed by atoms with Gasteiger partial charge in [0.25, 0.3) is 0 Å². The van der Waals surface area contributed by atoms with Crippen LogP contribution in [0.15, 0.2) is 18.2 Å². The summed E-state index contributed by atoms with van der Waals surface area (Å²) in [5, 5.41) is 1.01. The smallest absolute Gasteiger partial charge is 0.184 e. The Hall–Kier alpha value is -0.570. The van der Waals surface area contributed by atoms with Gasteiger partial charge in [-0.1, -0.05) is 23.2 Å². The highest BCUT2D eigenvalue weighted by Crippen LogP contribution is 2.29. The molecule has 18 heavy (non-hydrogen) atoms. The van der Waals surface area contributed by atoms with E-state index in [9.17, 15) is 4.79 Å². The Morgan fingerprint density at radius 2 is 1.83 bits per heavy atom. The van der Waals surface area contributed by atoms with Crippen LogP contribution >= 0.6 is 23.2 Å². The molecule has 0 saturated carbocycles. The Morgan fingerprint density at radius 1 is 1.22 bits per heavy atom. The molecule has 0 radical (unpaired) electrons. The fraction of sp³-hybridized carbons (Fsp3) is 0.500. The molecule has 2 nitrogen and oxygen atoms in total. The molecule has 1 fully saturated rings. The van der Waals surface area contributed by atoms with Gasteiger partial charge in [-0.25, -0.2) is 0 Å². The summed E-state index contributed by atoms with van der Waals surface area (Å²) in [6, 6.07) is 5.03. The van der Waals surface area contributed by atoms with Crippen molar-refractivity contribution in [2.24, 2.45) is 0 Å². The number of rotatable bonds is 3. The molecule has 98 valence electrons. The first-order valence-electron chi connectivity index (χ1n) is 6.18. The first-order valence-corrected chi connectivity index (χ1v) is 6.93. The van der Waals surface area contributed by atoms with Gasteiger partial charge in [0.2, 0.25) is 0 Å². The van der Waals surface area contributed by atoms with E-state index in [-0.39, 0.29) is 5.78 Å². The summed E-state index contributed by atoms with van der Waals surface area (Å²) < 4.78 is 0. The molecule has 0 aromatic heterocycles. The van der Waals surface area contributed by atoms with Crippen molar-refractivity contribution in [3.05, 3.63) is 33.8 Å². The lowest BCUT2D eigenvalue weighted by atomic mass is 9.91. The highest BCUT2D eigenvalue weighted by atomic mass is 35.5. The maximum absolute atomic E-state index is 12.6. The number of nitrogens with zero attached hydrogens (tertiary/aromatic N) is 1. The van der Waals surface area contributed by atoms with Crippen molar-refractivity contribution in [2.75, 3.05) is 13.1 Å². The number of hydrogen-bond acceptors (Lipinski definition) is 2. The maximum atomic E-state index is 12.6. The summed E-state index contributed by atoms with van der Waals surface area (Å²) in [4.78, 5) is 14.9. The van der Waals surface area contributed by atoms with Gasteiger partial charge in [-0.05, 0) is 58.0 Å². The van der Waals surface area contributed by atoms with E-state index in [0.29, 0.717) is 15.6 Å². The van der Waals surface area contributed by atoms with Crippen molar-refractivity contribution >= 4 is 29.0 Å². The molecular formula is C14H17Cl2NO. The zero-order valence-electron chi connectivity index (χ0n) is 10.7. The van der Waals surface area contributed by atoms with E-state index in [1.165, 1.54) is 0 Å². The molecule has 0 N–H and O–H groups in total. The molecule has 0 bridgehead atoms. The van der Waals surface area contributed by atoms with Crippen LogP contribution in [0, 0.1) is 0 Å². The summed E-state index contributed by atoms with van der Waals surface area (Å²) in [6.07, 6.45) is 2.31. The molecule has 0 unspecified atom stereocenters. The summed E-state index contributed by atoms with van der Waals surface area (Å²) in [5.41, 5.74) is -0.00812. The third-order valence-electron chi connectivity index (χ3n) is 3.63. The highest BCUT2D eigenvalue weighted by Gasteiger charge is 2.37. The van der Waals surface area contributed by atoms with Crippen molar-refractivity contribution in [1.82, 2.24) is 4.90 Å². The third-order valence-corrected chi connectivity index (χ3v) is 4.19. The average Bonchev–Trinajstić information content (AvgIpc) is 2.85. The number of carbonyl (C=O) groups is 1. The van der Waals surface area contributed by atoms with Gasteiger partial charge in [0, 0.05) is 10.6 Å². The predicted octanol–water partition coefficient (Wildman–Crippen LogP) is 4.05. The van der Waals surface area contributed by atoms with Crippen molar-refractivity contribution in [3.63, 3.8) is 0 Å². The molecule has 2 rings (SSSR count). The lowest BCUT2D eigenvalue weighted by Crippen LogP contribution is -2.48. The Bertz CT molecular complexity index is 465. The minimum absolute atomic E-state index is 0.0388. The highest BCUT2D eigenvalue weighted by molar-refractivity contribution is 6.36. The number of Topliss-reactive ketones (excluding diaryl/α,β-unsaturated/α-hetero) is 1. The third kappa shape index (κ3) is 2.56. The quantitative estimate of drug-likeness (QED) is 0.781. The largest absolute Gasteiger partial charge is 0.292 e.